The highest BCUT2D eigenvalue weighted by Gasteiger charge is 2.53. The fourth-order valence-electron chi connectivity index (χ4n) is 4.88. The number of benzene rings is 1. The van der Waals surface area contributed by atoms with Gasteiger partial charge in [0.05, 0.1) is 0 Å². The molecule has 5 atom stereocenters. The van der Waals surface area contributed by atoms with Gasteiger partial charge < -0.3 is 33.5 Å². The van der Waals surface area contributed by atoms with E-state index in [2.05, 4.69) is 10.2 Å². The number of carboxylic acid groups (broad SMARTS) is 1. The van der Waals surface area contributed by atoms with Crippen molar-refractivity contribution in [3.05, 3.63) is 52.2 Å². The van der Waals surface area contributed by atoms with E-state index in [1.807, 2.05) is 32.9 Å². The minimum Gasteiger partial charge on any atom is -0.478 e. The summed E-state index contributed by atoms with van der Waals surface area (Å²) in [6.45, 7) is 10.0. The lowest BCUT2D eigenvalue weighted by molar-refractivity contribution is -0.289. The third-order valence-electron chi connectivity index (χ3n) is 6.77. The summed E-state index contributed by atoms with van der Waals surface area (Å²) in [5, 5.41) is 16.3. The lowest BCUT2D eigenvalue weighted by Gasteiger charge is -2.43. The summed E-state index contributed by atoms with van der Waals surface area (Å²) in [5.74, 6) is -3.87. The summed E-state index contributed by atoms with van der Waals surface area (Å²) >= 11 is 0. The summed E-state index contributed by atoms with van der Waals surface area (Å²) in [4.78, 5) is 59.0. The zero-order chi connectivity index (χ0) is 33.4. The van der Waals surface area contributed by atoms with E-state index < -0.39 is 67.2 Å². The van der Waals surface area contributed by atoms with Gasteiger partial charge in [-0.25, -0.2) is 4.79 Å². The normalized spacial score (nSPS) is 21.3. The first-order valence-electron chi connectivity index (χ1n) is 14.2. The molecule has 0 bridgehead atoms. The van der Waals surface area contributed by atoms with E-state index in [0.29, 0.717) is 17.5 Å². The zero-order valence-electron chi connectivity index (χ0n) is 26.2. The van der Waals surface area contributed by atoms with E-state index in [1.54, 1.807) is 6.07 Å². The van der Waals surface area contributed by atoms with E-state index in [0.717, 1.165) is 43.7 Å². The van der Waals surface area contributed by atoms with Crippen LogP contribution in [-0.4, -0.2) is 82.5 Å². The van der Waals surface area contributed by atoms with Crippen LogP contribution < -0.4 is 4.74 Å². The first-order valence-corrected chi connectivity index (χ1v) is 14.2. The quantitative estimate of drug-likeness (QED) is 0.198. The first kappa shape index (κ1) is 34.8. The number of ether oxygens (including phenoxy) is 6. The van der Waals surface area contributed by atoms with E-state index in [4.69, 9.17) is 33.5 Å². The van der Waals surface area contributed by atoms with Crippen LogP contribution in [0.2, 0.25) is 0 Å². The Bertz CT molecular complexity index is 1450. The molecule has 0 saturated carbocycles. The van der Waals surface area contributed by atoms with E-state index >= 15 is 0 Å². The predicted octanol–water partition coefficient (Wildman–Crippen LogP) is 2.99. The van der Waals surface area contributed by atoms with Gasteiger partial charge in [0, 0.05) is 51.4 Å². The number of carbonyl (C=O) groups excluding carboxylic acids is 4. The zero-order valence-corrected chi connectivity index (χ0v) is 26.2. The topological polar surface area (TPSA) is 190 Å². The lowest BCUT2D eigenvalue weighted by atomic mass is 9.95. The molecule has 2 N–H and O–H groups in total. The van der Waals surface area contributed by atoms with Gasteiger partial charge in [-0.05, 0) is 35.6 Å². The molecular formula is C31H38N2O12. The Morgan fingerprint density at radius 3 is 2.13 bits per heavy atom. The summed E-state index contributed by atoms with van der Waals surface area (Å²) in [7, 11) is 0. The second-order valence-corrected chi connectivity index (χ2v) is 10.8. The van der Waals surface area contributed by atoms with Crippen molar-refractivity contribution in [1.82, 2.24) is 10.2 Å². The molecule has 14 heteroatoms. The monoisotopic (exact) mass is 630 g/mol. The number of aliphatic carboxylic acids is 1. The Morgan fingerprint density at radius 2 is 1.58 bits per heavy atom. The molecule has 1 aromatic heterocycles. The van der Waals surface area contributed by atoms with Crippen LogP contribution >= 0.6 is 0 Å². The highest BCUT2D eigenvalue weighted by molar-refractivity contribution is 5.85. The standard InChI is InChI=1S/C31H38N2O12/c1-15(2)26-23(13-22-10-8-21(12-16(22)3)9-11-25(38)39)30(33-32-26)45-31-29(43-20(7)37)28(42-19(6)36)27(41-18(5)35)24(44-31)14-40-17(4)34/h8-12,15,24,27-29,31H,13-14H2,1-7H3,(H,32,33)(H,38,39)/t24-,27-,28+,29-,31+/m1/s1. The van der Waals surface area contributed by atoms with Gasteiger partial charge in [0.1, 0.15) is 12.7 Å². The van der Waals surface area contributed by atoms with Crippen molar-refractivity contribution in [3.8, 4) is 5.88 Å². The third kappa shape index (κ3) is 9.63. The smallest absolute Gasteiger partial charge is 0.328 e. The number of aromatic amines is 1. The fraction of sp³-hybridized carbons (Fsp3) is 0.484. The number of hydrogen-bond acceptors (Lipinski definition) is 12. The molecule has 1 aliphatic heterocycles. The Balaban J connectivity index is 2.05. The number of aryl methyl sites for hydroxylation is 1. The molecule has 1 saturated heterocycles. The van der Waals surface area contributed by atoms with Crippen LogP contribution in [0.1, 0.15) is 75.4 Å². The number of hydrogen-bond donors (Lipinski definition) is 2. The molecule has 0 spiro atoms. The number of carboxylic acids is 1. The number of nitrogens with one attached hydrogen (secondary N) is 1. The van der Waals surface area contributed by atoms with Crippen molar-refractivity contribution in [3.63, 3.8) is 0 Å². The molecule has 0 unspecified atom stereocenters. The fourth-order valence-corrected chi connectivity index (χ4v) is 4.88. The summed E-state index contributed by atoms with van der Waals surface area (Å²) in [6, 6.07) is 5.51. The van der Waals surface area contributed by atoms with E-state index in [9.17, 15) is 24.0 Å². The minimum absolute atomic E-state index is 0.0154. The van der Waals surface area contributed by atoms with E-state index in [1.165, 1.54) is 13.0 Å². The van der Waals surface area contributed by atoms with Crippen molar-refractivity contribution in [2.75, 3.05) is 6.61 Å². The Labute approximate surface area is 260 Å². The molecule has 0 amide bonds. The number of carbonyl (C=O) groups is 5. The van der Waals surface area contributed by atoms with Crippen molar-refractivity contribution in [2.45, 2.75) is 91.5 Å². The molecular weight excluding hydrogens is 592 g/mol. The highest BCUT2D eigenvalue weighted by Crippen LogP contribution is 2.34. The van der Waals surface area contributed by atoms with E-state index in [-0.39, 0.29) is 11.8 Å². The first-order chi connectivity index (χ1) is 21.2. The molecule has 1 aliphatic rings. The van der Waals surface area contributed by atoms with Crippen molar-refractivity contribution in [2.24, 2.45) is 0 Å². The summed E-state index contributed by atoms with van der Waals surface area (Å²) in [6.07, 6.45) is -3.86. The average Bonchev–Trinajstić information content (AvgIpc) is 3.32. The largest absolute Gasteiger partial charge is 0.478 e. The lowest BCUT2D eigenvalue weighted by Crippen LogP contribution is -2.63. The Hall–Kier alpha value is -4.72. The van der Waals surface area contributed by atoms with Gasteiger partial charge in [-0.3, -0.25) is 24.3 Å². The van der Waals surface area contributed by atoms with Crippen LogP contribution in [0.4, 0.5) is 0 Å². The maximum Gasteiger partial charge on any atom is 0.328 e. The van der Waals surface area contributed by atoms with Crippen LogP contribution in [0, 0.1) is 6.92 Å². The van der Waals surface area contributed by atoms with Crippen LogP contribution in [0.3, 0.4) is 0 Å². The van der Waals surface area contributed by atoms with Crippen molar-refractivity contribution < 1.29 is 57.5 Å². The minimum atomic E-state index is -1.45. The number of aromatic nitrogens is 2. The maximum atomic E-state index is 12.2. The molecule has 244 valence electrons. The average molecular weight is 631 g/mol. The Morgan fingerprint density at radius 1 is 0.956 bits per heavy atom. The molecule has 2 aromatic rings. The molecule has 14 nitrogen and oxygen atoms in total. The van der Waals surface area contributed by atoms with Gasteiger partial charge in [-0.2, -0.15) is 0 Å². The molecule has 45 heavy (non-hydrogen) atoms. The highest BCUT2D eigenvalue weighted by atomic mass is 16.7. The van der Waals surface area contributed by atoms with Gasteiger partial charge in [-0.15, -0.1) is 5.10 Å². The second-order valence-electron chi connectivity index (χ2n) is 10.8. The molecule has 3 rings (SSSR count). The van der Waals surface area contributed by atoms with Gasteiger partial charge in [0.2, 0.25) is 18.3 Å². The van der Waals surface area contributed by atoms with Crippen LogP contribution in [-0.2, 0) is 54.1 Å². The second kappa shape index (κ2) is 15.3. The van der Waals surface area contributed by atoms with Crippen LogP contribution in [0.25, 0.3) is 6.08 Å². The van der Waals surface area contributed by atoms with Gasteiger partial charge in [0.25, 0.3) is 0 Å². The summed E-state index contributed by atoms with van der Waals surface area (Å²) in [5.41, 5.74) is 3.91. The van der Waals surface area contributed by atoms with Crippen LogP contribution in [0.5, 0.6) is 5.88 Å². The van der Waals surface area contributed by atoms with Crippen molar-refractivity contribution in [1.29, 1.82) is 0 Å². The Kier molecular flexibility index (Phi) is 11.8. The number of H-pyrrole nitrogens is 1. The van der Waals surface area contributed by atoms with Crippen molar-refractivity contribution >= 4 is 35.9 Å². The SMILES string of the molecule is CC(=O)OC[C@H]1O[C@@H](Oc2n[nH]c(C(C)C)c2Cc2ccc(C=CC(=O)O)cc2C)[C@H](OC(C)=O)[C@@H](OC(C)=O)[C@@H]1OC(C)=O. The molecule has 1 fully saturated rings. The van der Waals surface area contributed by atoms with Gasteiger partial charge in [0.15, 0.2) is 12.2 Å². The number of esters is 4. The molecule has 0 aliphatic carbocycles. The molecule has 1 aromatic carbocycles. The maximum absolute atomic E-state index is 12.2. The number of rotatable bonds is 12. The molecule has 0 radical (unpaired) electrons. The third-order valence-corrected chi connectivity index (χ3v) is 6.77. The van der Waals surface area contributed by atoms with Gasteiger partial charge in [-0.1, -0.05) is 32.0 Å². The molecule has 2 heterocycles. The number of nitrogens with zero attached hydrogens (tertiary/aromatic N) is 1. The van der Waals surface area contributed by atoms with Crippen LogP contribution in [0.15, 0.2) is 24.3 Å². The summed E-state index contributed by atoms with van der Waals surface area (Å²) < 4.78 is 33.9. The predicted molar refractivity (Wildman–Crippen MR) is 156 cm³/mol. The van der Waals surface area contributed by atoms with Gasteiger partial charge >= 0.3 is 29.8 Å².